The molecule has 1 aliphatic heterocycles. The third-order valence-electron chi connectivity index (χ3n) is 5.82. The monoisotopic (exact) mass is 470 g/mol. The number of carbonyl (C=O) groups is 1. The van der Waals surface area contributed by atoms with Gasteiger partial charge in [0.1, 0.15) is 17.5 Å². The Balaban J connectivity index is 1.52. The molecule has 1 fully saturated rings. The molecule has 1 aromatic heterocycles. The number of sulfonamides is 1. The summed E-state index contributed by atoms with van der Waals surface area (Å²) in [6.07, 6.45) is 7.41. The molecule has 9 nitrogen and oxygen atoms in total. The van der Waals surface area contributed by atoms with Gasteiger partial charge in [0.2, 0.25) is 10.0 Å². The van der Waals surface area contributed by atoms with Gasteiger partial charge in [-0.15, -0.1) is 0 Å². The maximum atomic E-state index is 13.4. The summed E-state index contributed by atoms with van der Waals surface area (Å²) in [7, 11) is -3.95. The van der Waals surface area contributed by atoms with Gasteiger partial charge in [-0.25, -0.2) is 18.9 Å². The zero-order valence-corrected chi connectivity index (χ0v) is 19.0. The van der Waals surface area contributed by atoms with Gasteiger partial charge >= 0.3 is 0 Å². The van der Waals surface area contributed by atoms with Crippen molar-refractivity contribution in [2.45, 2.75) is 37.1 Å². The van der Waals surface area contributed by atoms with Gasteiger partial charge in [0.15, 0.2) is 0 Å². The molecule has 4 rings (SSSR count). The molecule has 174 valence electrons. The van der Waals surface area contributed by atoms with Gasteiger partial charge in [-0.1, -0.05) is 13.3 Å². The van der Waals surface area contributed by atoms with E-state index >= 15 is 0 Å². The van der Waals surface area contributed by atoms with Crippen molar-refractivity contribution in [3.8, 4) is 17.2 Å². The van der Waals surface area contributed by atoms with E-state index < -0.39 is 22.0 Å². The minimum Gasteiger partial charge on any atom is -0.457 e. The first kappa shape index (κ1) is 23.0. The Hall–Kier alpha value is -3.21. The number of imidazole rings is 1. The van der Waals surface area contributed by atoms with Crippen LogP contribution in [0, 0.1) is 5.92 Å². The molecule has 2 aromatic carbocycles. The van der Waals surface area contributed by atoms with E-state index in [1.165, 1.54) is 16.4 Å². The molecule has 2 unspecified atom stereocenters. The van der Waals surface area contributed by atoms with E-state index in [1.54, 1.807) is 30.1 Å². The molecule has 0 radical (unpaired) electrons. The van der Waals surface area contributed by atoms with Crippen LogP contribution in [-0.2, 0) is 14.8 Å². The molecule has 2 atom stereocenters. The Morgan fingerprint density at radius 2 is 1.76 bits per heavy atom. The third-order valence-corrected chi connectivity index (χ3v) is 7.72. The van der Waals surface area contributed by atoms with Gasteiger partial charge in [-0.3, -0.25) is 10.0 Å². The van der Waals surface area contributed by atoms with E-state index in [-0.39, 0.29) is 17.4 Å². The Labute approximate surface area is 192 Å². The minimum absolute atomic E-state index is 0.0649. The number of hydroxylamine groups is 1. The highest BCUT2D eigenvalue weighted by atomic mass is 32.2. The zero-order chi connectivity index (χ0) is 23.4. The van der Waals surface area contributed by atoms with Gasteiger partial charge in [0.25, 0.3) is 5.91 Å². The predicted octanol–water partition coefficient (Wildman–Crippen LogP) is 3.35. The van der Waals surface area contributed by atoms with Crippen molar-refractivity contribution >= 4 is 15.9 Å². The summed E-state index contributed by atoms with van der Waals surface area (Å²) in [5, 5.41) is 9.16. The summed E-state index contributed by atoms with van der Waals surface area (Å²) in [4.78, 5) is 16.4. The normalized spacial score (nSPS) is 19.6. The number of hydrogen-bond acceptors (Lipinski definition) is 6. The smallest absolute Gasteiger partial charge is 0.262 e. The molecule has 3 aromatic rings. The number of rotatable bonds is 6. The molecule has 1 aliphatic rings. The van der Waals surface area contributed by atoms with E-state index in [0.717, 1.165) is 12.1 Å². The number of hydrogen-bond donors (Lipinski definition) is 2. The van der Waals surface area contributed by atoms with Gasteiger partial charge < -0.3 is 9.30 Å². The molecule has 0 saturated carbocycles. The van der Waals surface area contributed by atoms with Crippen molar-refractivity contribution in [3.05, 3.63) is 67.3 Å². The van der Waals surface area contributed by atoms with Crippen LogP contribution in [0.5, 0.6) is 11.5 Å². The number of nitrogens with zero attached hydrogens (tertiary/aromatic N) is 3. The highest BCUT2D eigenvalue weighted by Crippen LogP contribution is 2.30. The Kier molecular flexibility index (Phi) is 6.77. The molecule has 0 spiro atoms. The number of carbonyl (C=O) groups excluding carboxylic acids is 1. The van der Waals surface area contributed by atoms with Crippen molar-refractivity contribution in [1.82, 2.24) is 19.3 Å². The lowest BCUT2D eigenvalue weighted by Crippen LogP contribution is -2.51. The number of aromatic nitrogens is 2. The van der Waals surface area contributed by atoms with Crippen molar-refractivity contribution in [2.24, 2.45) is 5.92 Å². The van der Waals surface area contributed by atoms with Gasteiger partial charge in [-0.05, 0) is 67.3 Å². The number of benzene rings is 2. The van der Waals surface area contributed by atoms with Crippen LogP contribution >= 0.6 is 0 Å². The fourth-order valence-electron chi connectivity index (χ4n) is 4.09. The fraction of sp³-hybridized carbons (Fsp3) is 0.304. The Bertz CT molecular complexity index is 1180. The minimum atomic E-state index is -3.95. The quantitative estimate of drug-likeness (QED) is 0.422. The molecule has 2 N–H and O–H groups in total. The zero-order valence-electron chi connectivity index (χ0n) is 18.2. The maximum absolute atomic E-state index is 13.4. The summed E-state index contributed by atoms with van der Waals surface area (Å²) < 4.78 is 35.6. The first-order chi connectivity index (χ1) is 15.9. The lowest BCUT2D eigenvalue weighted by molar-refractivity contribution is -0.134. The first-order valence-corrected chi connectivity index (χ1v) is 12.2. The van der Waals surface area contributed by atoms with Crippen molar-refractivity contribution in [1.29, 1.82) is 0 Å². The summed E-state index contributed by atoms with van der Waals surface area (Å²) in [5.74, 6) is 0.156. The second kappa shape index (κ2) is 9.74. The largest absolute Gasteiger partial charge is 0.457 e. The Morgan fingerprint density at radius 3 is 2.36 bits per heavy atom. The number of amides is 1. The van der Waals surface area contributed by atoms with E-state index in [1.807, 2.05) is 42.0 Å². The van der Waals surface area contributed by atoms with Crippen LogP contribution < -0.4 is 10.2 Å². The second-order valence-corrected chi connectivity index (χ2v) is 9.94. The van der Waals surface area contributed by atoms with Crippen LogP contribution in [0.25, 0.3) is 5.69 Å². The SMILES string of the molecule is CC1CCCCN(S(=O)(=O)c2ccc(Oc3ccc(-n4ccnc4)cc3)cc2)C1C(=O)NO. The van der Waals surface area contributed by atoms with Crippen LogP contribution in [0.3, 0.4) is 0 Å². The second-order valence-electron chi connectivity index (χ2n) is 8.05. The maximum Gasteiger partial charge on any atom is 0.262 e. The standard InChI is InChI=1S/C23H26N4O5S/c1-17-4-2-3-14-27(22(17)23(28)25-29)33(30,31)21-11-9-20(10-12-21)32-19-7-5-18(6-8-19)26-15-13-24-16-26/h5-13,15-17,22,29H,2-4,14H2,1H3,(H,25,28). The predicted molar refractivity (Wildman–Crippen MR) is 121 cm³/mol. The molecule has 0 aliphatic carbocycles. The lowest BCUT2D eigenvalue weighted by Gasteiger charge is -2.30. The average molecular weight is 471 g/mol. The number of nitrogens with one attached hydrogen (secondary N) is 1. The van der Waals surface area contributed by atoms with Gasteiger partial charge in [0.05, 0.1) is 11.2 Å². The topological polar surface area (TPSA) is 114 Å². The summed E-state index contributed by atoms with van der Waals surface area (Å²) >= 11 is 0. The van der Waals surface area contributed by atoms with Crippen LogP contribution in [0.4, 0.5) is 0 Å². The fourth-order valence-corrected chi connectivity index (χ4v) is 5.81. The van der Waals surface area contributed by atoms with Crippen molar-refractivity contribution < 1.29 is 23.2 Å². The molecule has 2 heterocycles. The molecule has 0 bridgehead atoms. The molecular weight excluding hydrogens is 444 g/mol. The summed E-state index contributed by atoms with van der Waals surface area (Å²) in [6, 6.07) is 12.5. The van der Waals surface area contributed by atoms with E-state index in [9.17, 15) is 13.2 Å². The summed E-state index contributed by atoms with van der Waals surface area (Å²) in [5.41, 5.74) is 2.56. The first-order valence-electron chi connectivity index (χ1n) is 10.7. The summed E-state index contributed by atoms with van der Waals surface area (Å²) in [6.45, 7) is 2.04. The van der Waals surface area contributed by atoms with Crippen LogP contribution in [0.1, 0.15) is 26.2 Å². The highest BCUT2D eigenvalue weighted by molar-refractivity contribution is 7.89. The highest BCUT2D eigenvalue weighted by Gasteiger charge is 2.40. The van der Waals surface area contributed by atoms with E-state index in [4.69, 9.17) is 9.94 Å². The van der Waals surface area contributed by atoms with E-state index in [2.05, 4.69) is 4.98 Å². The van der Waals surface area contributed by atoms with Crippen LogP contribution in [0.15, 0.2) is 72.1 Å². The van der Waals surface area contributed by atoms with Crippen molar-refractivity contribution in [3.63, 3.8) is 0 Å². The average Bonchev–Trinajstić information content (AvgIpc) is 3.29. The van der Waals surface area contributed by atoms with Gasteiger partial charge in [0, 0.05) is 24.6 Å². The Morgan fingerprint density at radius 1 is 1.09 bits per heavy atom. The van der Waals surface area contributed by atoms with Crippen molar-refractivity contribution in [2.75, 3.05) is 6.54 Å². The van der Waals surface area contributed by atoms with E-state index in [0.29, 0.717) is 24.3 Å². The molecule has 1 saturated heterocycles. The molecular formula is C23H26N4O5S. The molecule has 33 heavy (non-hydrogen) atoms. The lowest BCUT2D eigenvalue weighted by atomic mass is 9.97. The molecule has 1 amide bonds. The molecule has 10 heteroatoms. The third kappa shape index (κ3) is 4.92. The van der Waals surface area contributed by atoms with Crippen LogP contribution in [-0.4, -0.2) is 46.0 Å². The van der Waals surface area contributed by atoms with Gasteiger partial charge in [-0.2, -0.15) is 4.31 Å². The van der Waals surface area contributed by atoms with Crippen LogP contribution in [0.2, 0.25) is 0 Å². The number of ether oxygens (including phenoxy) is 1.